The maximum Gasteiger partial charge on any atom is 0.139 e. The lowest BCUT2D eigenvalue weighted by Crippen LogP contribution is -1.73. The van der Waals surface area contributed by atoms with Gasteiger partial charge in [-0.05, 0) is 0 Å². The first kappa shape index (κ1) is 12.6. The molecule has 0 saturated heterocycles. The number of aliphatic imine (C=N–C) groups is 2. The van der Waals surface area contributed by atoms with Crippen molar-refractivity contribution in [3.8, 4) is 0 Å². The van der Waals surface area contributed by atoms with Crippen molar-refractivity contribution < 1.29 is 0 Å². The van der Waals surface area contributed by atoms with Gasteiger partial charge in [-0.3, -0.25) is 0 Å². The summed E-state index contributed by atoms with van der Waals surface area (Å²) >= 11 is 0. The van der Waals surface area contributed by atoms with Gasteiger partial charge in [0.05, 0.1) is 0 Å². The maximum absolute atomic E-state index is 4.22. The molecule has 0 spiro atoms. The molecule has 0 amide bonds. The van der Waals surface area contributed by atoms with Crippen molar-refractivity contribution in [1.82, 2.24) is 4.98 Å². The second-order valence-corrected chi connectivity index (χ2v) is 3.09. The summed E-state index contributed by atoms with van der Waals surface area (Å²) in [5.74, 6) is 1.37. The topological polar surface area (TPSA) is 40.5 Å². The minimum absolute atomic E-state index is 0.686. The first-order valence-corrected chi connectivity index (χ1v) is 5.09. The lowest BCUT2D eigenvalue weighted by atomic mass is 10.1. The molecule has 3 nitrogen and oxygen atoms in total. The molecule has 0 radical (unpaired) electrons. The average Bonchev–Trinajstić information content (AvgIpc) is 2.70. The molecule has 17 heavy (non-hydrogen) atoms. The molecular weight excluding hydrogens is 210 g/mol. The molecule has 0 aliphatic rings. The summed E-state index contributed by atoms with van der Waals surface area (Å²) in [6, 6.07) is 0. The predicted octanol–water partition coefficient (Wildman–Crippen LogP) is 4.08. The number of rotatable bonds is 6. The molecule has 1 rings (SSSR count). The Morgan fingerprint density at radius 2 is 1.18 bits per heavy atom. The minimum Gasteiger partial charge on any atom is -0.324 e. The van der Waals surface area contributed by atoms with E-state index in [1.807, 2.05) is 0 Å². The molecule has 1 aromatic heterocycles. The monoisotopic (exact) mass is 225 g/mol. The van der Waals surface area contributed by atoms with Gasteiger partial charge in [0.1, 0.15) is 11.6 Å². The van der Waals surface area contributed by atoms with Crippen LogP contribution in [0.4, 0.5) is 11.6 Å². The van der Waals surface area contributed by atoms with Gasteiger partial charge in [-0.2, -0.15) is 0 Å². The number of allylic oxidation sites excluding steroid dienone is 2. The Morgan fingerprint density at radius 3 is 1.47 bits per heavy atom. The van der Waals surface area contributed by atoms with E-state index in [4.69, 9.17) is 0 Å². The molecule has 0 fully saturated rings. The van der Waals surface area contributed by atoms with Gasteiger partial charge in [0.25, 0.3) is 0 Å². The molecule has 0 saturated carbocycles. The Hall–Kier alpha value is -2.42. The Morgan fingerprint density at radius 1 is 0.765 bits per heavy atom. The van der Waals surface area contributed by atoms with Gasteiger partial charge < -0.3 is 4.98 Å². The molecule has 1 N–H and O–H groups in total. The Kier molecular flexibility index (Phi) is 4.63. The summed E-state index contributed by atoms with van der Waals surface area (Å²) in [5.41, 5.74) is 1.74. The first-order chi connectivity index (χ1) is 8.28. The Balaban J connectivity index is 3.36. The number of nitrogens with zero attached hydrogens (tertiary/aromatic N) is 2. The fourth-order valence-corrected chi connectivity index (χ4v) is 1.37. The van der Waals surface area contributed by atoms with Gasteiger partial charge in [-0.1, -0.05) is 50.6 Å². The third-order valence-corrected chi connectivity index (χ3v) is 2.06. The van der Waals surface area contributed by atoms with Crippen LogP contribution in [0.25, 0.3) is 12.2 Å². The van der Waals surface area contributed by atoms with E-state index >= 15 is 0 Å². The van der Waals surface area contributed by atoms with Crippen LogP contribution in [0.2, 0.25) is 0 Å². The van der Waals surface area contributed by atoms with Crippen LogP contribution in [-0.4, -0.2) is 17.4 Å². The molecule has 1 aromatic rings. The lowest BCUT2D eigenvalue weighted by molar-refractivity contribution is 1.30. The van der Waals surface area contributed by atoms with Gasteiger partial charge in [0, 0.05) is 23.6 Å². The van der Waals surface area contributed by atoms with E-state index in [9.17, 15) is 0 Å². The summed E-state index contributed by atoms with van der Waals surface area (Å²) in [4.78, 5) is 11.5. The van der Waals surface area contributed by atoms with Crippen molar-refractivity contribution in [2.45, 2.75) is 0 Å². The molecule has 0 aliphatic heterocycles. The zero-order valence-corrected chi connectivity index (χ0v) is 9.69. The number of hydrogen-bond acceptors (Lipinski definition) is 2. The third kappa shape index (κ3) is 2.78. The lowest BCUT2D eigenvalue weighted by Gasteiger charge is -1.93. The van der Waals surface area contributed by atoms with Crippen molar-refractivity contribution in [2.24, 2.45) is 9.98 Å². The van der Waals surface area contributed by atoms with Crippen LogP contribution in [0.15, 0.2) is 48.5 Å². The second kappa shape index (κ2) is 6.23. The van der Waals surface area contributed by atoms with Crippen molar-refractivity contribution in [2.75, 3.05) is 0 Å². The van der Waals surface area contributed by atoms with Crippen LogP contribution in [-0.2, 0) is 0 Å². The van der Waals surface area contributed by atoms with Gasteiger partial charge in [-0.15, -0.1) is 0 Å². The van der Waals surface area contributed by atoms with Crippen LogP contribution in [0, 0.1) is 0 Å². The molecule has 0 unspecified atom stereocenters. The molecule has 0 bridgehead atoms. The van der Waals surface area contributed by atoms with Crippen molar-refractivity contribution >= 4 is 36.2 Å². The van der Waals surface area contributed by atoms with Gasteiger partial charge in [0.2, 0.25) is 0 Å². The molecule has 1 heterocycles. The van der Waals surface area contributed by atoms with E-state index in [1.165, 1.54) is 0 Å². The molecule has 0 atom stereocenters. The zero-order chi connectivity index (χ0) is 12.7. The van der Waals surface area contributed by atoms with E-state index in [0.717, 1.165) is 11.1 Å². The van der Waals surface area contributed by atoms with E-state index in [-0.39, 0.29) is 0 Å². The van der Waals surface area contributed by atoms with Gasteiger partial charge in [-0.25, -0.2) is 9.98 Å². The summed E-state index contributed by atoms with van der Waals surface area (Å²) in [5, 5.41) is 0. The van der Waals surface area contributed by atoms with Crippen molar-refractivity contribution in [3.63, 3.8) is 0 Å². The minimum atomic E-state index is 0.686. The zero-order valence-electron chi connectivity index (χ0n) is 9.69. The molecular formula is C14H15N3. The second-order valence-electron chi connectivity index (χ2n) is 3.09. The fraction of sp³-hybridized carbons (Fsp3) is 0. The van der Waals surface area contributed by atoms with E-state index in [0.29, 0.717) is 11.6 Å². The highest BCUT2D eigenvalue weighted by Crippen LogP contribution is 2.32. The Bertz CT molecular complexity index is 457. The molecule has 0 aromatic carbocycles. The molecule has 0 aliphatic carbocycles. The summed E-state index contributed by atoms with van der Waals surface area (Å²) in [6.07, 6.45) is 9.85. The van der Waals surface area contributed by atoms with Crippen molar-refractivity contribution in [1.29, 1.82) is 0 Å². The number of aromatic amines is 1. The summed E-state index contributed by atoms with van der Waals surface area (Å²) < 4.78 is 0. The van der Waals surface area contributed by atoms with Crippen LogP contribution in [0.1, 0.15) is 11.1 Å². The molecule has 86 valence electrons. The van der Waals surface area contributed by atoms with Crippen LogP contribution in [0.5, 0.6) is 0 Å². The van der Waals surface area contributed by atoms with Crippen LogP contribution < -0.4 is 0 Å². The predicted molar refractivity (Wildman–Crippen MR) is 77.7 cm³/mol. The van der Waals surface area contributed by atoms with E-state index in [1.54, 1.807) is 36.7 Å². The maximum atomic E-state index is 4.22. The number of nitrogens with one attached hydrogen (secondary N) is 1. The highest BCUT2D eigenvalue weighted by atomic mass is 15.0. The van der Waals surface area contributed by atoms with E-state index in [2.05, 4.69) is 41.3 Å². The van der Waals surface area contributed by atoms with Crippen molar-refractivity contribution in [3.05, 3.63) is 49.6 Å². The SMILES string of the molecule is C=C/C=N\c1[nH]c(/N=C\C=C)c(C=C)c1C=C. The highest BCUT2D eigenvalue weighted by molar-refractivity contribution is 5.84. The van der Waals surface area contributed by atoms with Crippen LogP contribution in [0.3, 0.4) is 0 Å². The summed E-state index contributed by atoms with van der Waals surface area (Å²) in [6.45, 7) is 14.7. The normalized spacial score (nSPS) is 10.8. The third-order valence-electron chi connectivity index (χ3n) is 2.06. The molecule has 3 heteroatoms. The number of aromatic nitrogens is 1. The average molecular weight is 225 g/mol. The van der Waals surface area contributed by atoms with Crippen LogP contribution >= 0.6 is 0 Å². The fourth-order valence-electron chi connectivity index (χ4n) is 1.37. The van der Waals surface area contributed by atoms with E-state index < -0.39 is 0 Å². The van der Waals surface area contributed by atoms with Gasteiger partial charge in [0.15, 0.2) is 0 Å². The number of hydrogen-bond donors (Lipinski definition) is 1. The summed E-state index contributed by atoms with van der Waals surface area (Å²) in [7, 11) is 0. The van der Waals surface area contributed by atoms with Gasteiger partial charge >= 0.3 is 0 Å². The smallest absolute Gasteiger partial charge is 0.139 e. The standard InChI is InChI=1S/C14H15N3/c1-5-9-15-13-11(7-3)12(8-4)14(17-13)16-10-6-2/h5-10,17H,1-4H2/b15-9-,16-10-. The Labute approximate surface area is 101 Å². The first-order valence-electron chi connectivity index (χ1n) is 5.09. The quantitative estimate of drug-likeness (QED) is 0.709. The highest BCUT2D eigenvalue weighted by Gasteiger charge is 2.10. The largest absolute Gasteiger partial charge is 0.324 e. The number of H-pyrrole nitrogens is 1.